The van der Waals surface area contributed by atoms with E-state index in [0.717, 1.165) is 11.8 Å². The molecule has 3 heteroatoms. The molecule has 1 aliphatic rings. The number of rotatable bonds is 2. The van der Waals surface area contributed by atoms with Gasteiger partial charge in [0.25, 0.3) is 0 Å². The molecule has 0 bridgehead atoms. The quantitative estimate of drug-likeness (QED) is 0.782. The predicted octanol–water partition coefficient (Wildman–Crippen LogP) is 1.93. The molecule has 1 fully saturated rings. The van der Waals surface area contributed by atoms with E-state index in [9.17, 15) is 0 Å². The molecule has 0 radical (unpaired) electrons. The normalized spacial score (nSPS) is 29.0. The standard InChI is InChI=1S/C10H16N2S/c1-8-7-11-3-2-9(8)6-10-12-4-5-13-10/h4-5,8-9,11H,2-3,6-7H2,1H3. The Hall–Kier alpha value is -0.410. The number of hydrogen-bond donors (Lipinski definition) is 1. The summed E-state index contributed by atoms with van der Waals surface area (Å²) >= 11 is 1.79. The van der Waals surface area contributed by atoms with Crippen molar-refractivity contribution in [2.75, 3.05) is 13.1 Å². The van der Waals surface area contributed by atoms with Crippen LogP contribution in [0.2, 0.25) is 0 Å². The molecule has 0 aliphatic carbocycles. The fourth-order valence-electron chi connectivity index (χ4n) is 1.95. The van der Waals surface area contributed by atoms with Gasteiger partial charge in [-0.2, -0.15) is 0 Å². The van der Waals surface area contributed by atoms with Gasteiger partial charge >= 0.3 is 0 Å². The molecule has 0 amide bonds. The van der Waals surface area contributed by atoms with Crippen molar-refractivity contribution in [2.45, 2.75) is 19.8 Å². The number of thiazole rings is 1. The number of aromatic nitrogens is 1. The molecule has 2 rings (SSSR count). The number of nitrogens with one attached hydrogen (secondary N) is 1. The molecule has 2 unspecified atom stereocenters. The summed E-state index contributed by atoms with van der Waals surface area (Å²) in [6.07, 6.45) is 4.40. The molecular formula is C10H16N2S. The second kappa shape index (κ2) is 4.20. The average Bonchev–Trinajstić information content (AvgIpc) is 2.61. The fraction of sp³-hybridized carbons (Fsp3) is 0.700. The highest BCUT2D eigenvalue weighted by molar-refractivity contribution is 7.09. The first-order chi connectivity index (χ1) is 6.36. The minimum atomic E-state index is 0.803. The maximum absolute atomic E-state index is 4.34. The molecule has 72 valence electrons. The zero-order chi connectivity index (χ0) is 9.10. The highest BCUT2D eigenvalue weighted by atomic mass is 32.1. The summed E-state index contributed by atoms with van der Waals surface area (Å²) in [5.74, 6) is 1.64. The van der Waals surface area contributed by atoms with Gasteiger partial charge in [-0.3, -0.25) is 0 Å². The van der Waals surface area contributed by atoms with Gasteiger partial charge in [0.15, 0.2) is 0 Å². The zero-order valence-corrected chi connectivity index (χ0v) is 8.81. The highest BCUT2D eigenvalue weighted by Crippen LogP contribution is 2.23. The van der Waals surface area contributed by atoms with Gasteiger partial charge < -0.3 is 5.32 Å². The molecule has 1 aliphatic heterocycles. The highest BCUT2D eigenvalue weighted by Gasteiger charge is 2.21. The van der Waals surface area contributed by atoms with Gasteiger partial charge in [-0.15, -0.1) is 11.3 Å². The molecule has 13 heavy (non-hydrogen) atoms. The summed E-state index contributed by atoms with van der Waals surface area (Å²) in [6, 6.07) is 0. The number of nitrogens with zero attached hydrogens (tertiary/aromatic N) is 1. The molecule has 0 aromatic carbocycles. The second-order valence-corrected chi connectivity index (χ2v) is 4.84. The lowest BCUT2D eigenvalue weighted by Crippen LogP contribution is -2.35. The van der Waals surface area contributed by atoms with Crippen LogP contribution in [0.3, 0.4) is 0 Å². The molecule has 1 aromatic heterocycles. The smallest absolute Gasteiger partial charge is 0.0927 e. The third-order valence-electron chi connectivity index (χ3n) is 2.88. The monoisotopic (exact) mass is 196 g/mol. The van der Waals surface area contributed by atoms with E-state index in [4.69, 9.17) is 0 Å². The summed E-state index contributed by atoms with van der Waals surface area (Å²) < 4.78 is 0. The molecule has 2 nitrogen and oxygen atoms in total. The first-order valence-electron chi connectivity index (χ1n) is 4.95. The van der Waals surface area contributed by atoms with Crippen LogP contribution in [-0.2, 0) is 6.42 Å². The van der Waals surface area contributed by atoms with Crippen LogP contribution < -0.4 is 5.32 Å². The molecule has 0 spiro atoms. The summed E-state index contributed by atoms with van der Waals surface area (Å²) in [5.41, 5.74) is 0. The predicted molar refractivity (Wildman–Crippen MR) is 56.0 cm³/mol. The van der Waals surface area contributed by atoms with Gasteiger partial charge in [0.05, 0.1) is 5.01 Å². The van der Waals surface area contributed by atoms with Crippen molar-refractivity contribution in [3.8, 4) is 0 Å². The lowest BCUT2D eigenvalue weighted by atomic mass is 9.86. The van der Waals surface area contributed by atoms with Crippen molar-refractivity contribution < 1.29 is 0 Å². The molecule has 2 heterocycles. The van der Waals surface area contributed by atoms with Gasteiger partial charge in [-0.25, -0.2) is 4.98 Å². The lowest BCUT2D eigenvalue weighted by molar-refractivity contribution is 0.272. The topological polar surface area (TPSA) is 24.9 Å². The third-order valence-corrected chi connectivity index (χ3v) is 3.69. The maximum atomic E-state index is 4.34. The Morgan fingerprint density at radius 3 is 3.31 bits per heavy atom. The first kappa shape index (κ1) is 9.16. The maximum Gasteiger partial charge on any atom is 0.0927 e. The van der Waals surface area contributed by atoms with E-state index in [1.807, 2.05) is 6.20 Å². The molecular weight excluding hydrogens is 180 g/mol. The summed E-state index contributed by atoms with van der Waals surface area (Å²) in [7, 11) is 0. The van der Waals surface area contributed by atoms with Crippen molar-refractivity contribution >= 4 is 11.3 Å². The second-order valence-electron chi connectivity index (χ2n) is 3.86. The van der Waals surface area contributed by atoms with Crippen LogP contribution in [0.5, 0.6) is 0 Å². The van der Waals surface area contributed by atoms with Gasteiger partial charge in [0.2, 0.25) is 0 Å². The molecule has 1 saturated heterocycles. The lowest BCUT2D eigenvalue weighted by Gasteiger charge is -2.28. The number of piperidine rings is 1. The summed E-state index contributed by atoms with van der Waals surface area (Å²) in [6.45, 7) is 4.70. The van der Waals surface area contributed by atoms with Crippen molar-refractivity contribution in [1.29, 1.82) is 0 Å². The minimum absolute atomic E-state index is 0.803. The van der Waals surface area contributed by atoms with Gasteiger partial charge in [0, 0.05) is 18.0 Å². The van der Waals surface area contributed by atoms with Crippen molar-refractivity contribution in [3.05, 3.63) is 16.6 Å². The zero-order valence-electron chi connectivity index (χ0n) is 7.99. The third kappa shape index (κ3) is 2.29. The Bertz CT molecular complexity index is 245. The van der Waals surface area contributed by atoms with Crippen molar-refractivity contribution in [1.82, 2.24) is 10.3 Å². The van der Waals surface area contributed by atoms with Crippen LogP contribution in [0.15, 0.2) is 11.6 Å². The van der Waals surface area contributed by atoms with Crippen LogP contribution in [0.4, 0.5) is 0 Å². The van der Waals surface area contributed by atoms with Crippen LogP contribution >= 0.6 is 11.3 Å². The Kier molecular flexibility index (Phi) is 2.96. The fourth-order valence-corrected chi connectivity index (χ4v) is 2.66. The van der Waals surface area contributed by atoms with E-state index in [2.05, 4.69) is 22.6 Å². The van der Waals surface area contributed by atoms with Crippen molar-refractivity contribution in [2.24, 2.45) is 11.8 Å². The Balaban J connectivity index is 1.93. The van der Waals surface area contributed by atoms with E-state index in [-0.39, 0.29) is 0 Å². The van der Waals surface area contributed by atoms with E-state index >= 15 is 0 Å². The first-order valence-corrected chi connectivity index (χ1v) is 5.83. The largest absolute Gasteiger partial charge is 0.316 e. The molecule has 1 N–H and O–H groups in total. The molecule has 0 saturated carbocycles. The Morgan fingerprint density at radius 2 is 2.62 bits per heavy atom. The van der Waals surface area contributed by atoms with Gasteiger partial charge in [-0.05, 0) is 31.3 Å². The van der Waals surface area contributed by atoms with Gasteiger partial charge in [0.1, 0.15) is 0 Å². The van der Waals surface area contributed by atoms with Crippen LogP contribution in [0.1, 0.15) is 18.4 Å². The van der Waals surface area contributed by atoms with Gasteiger partial charge in [-0.1, -0.05) is 6.92 Å². The molecule has 1 aromatic rings. The van der Waals surface area contributed by atoms with E-state index < -0.39 is 0 Å². The van der Waals surface area contributed by atoms with Crippen LogP contribution in [0.25, 0.3) is 0 Å². The van der Waals surface area contributed by atoms with E-state index in [0.29, 0.717) is 0 Å². The molecule has 2 atom stereocenters. The van der Waals surface area contributed by atoms with Crippen LogP contribution in [-0.4, -0.2) is 18.1 Å². The summed E-state index contributed by atoms with van der Waals surface area (Å²) in [4.78, 5) is 4.34. The van der Waals surface area contributed by atoms with E-state index in [1.54, 1.807) is 11.3 Å². The van der Waals surface area contributed by atoms with Crippen LogP contribution in [0, 0.1) is 11.8 Å². The average molecular weight is 196 g/mol. The number of hydrogen-bond acceptors (Lipinski definition) is 3. The van der Waals surface area contributed by atoms with Crippen molar-refractivity contribution in [3.63, 3.8) is 0 Å². The SMILES string of the molecule is CC1CNCCC1Cc1nccs1. The Labute approximate surface area is 83.4 Å². The Morgan fingerprint density at radius 1 is 1.69 bits per heavy atom. The summed E-state index contributed by atoms with van der Waals surface area (Å²) in [5, 5.41) is 6.80. The minimum Gasteiger partial charge on any atom is -0.316 e. The van der Waals surface area contributed by atoms with E-state index in [1.165, 1.54) is 30.9 Å².